The summed E-state index contributed by atoms with van der Waals surface area (Å²) in [5.41, 5.74) is 2.66. The number of hydrogen-bond acceptors (Lipinski definition) is 9. The van der Waals surface area contributed by atoms with E-state index in [9.17, 15) is 45.5 Å². The monoisotopic (exact) mass is 699 g/mol. The minimum atomic E-state index is -5.40. The maximum atomic E-state index is 13.7. The Morgan fingerprint density at radius 1 is 1.00 bits per heavy atom. The third-order valence-electron chi connectivity index (χ3n) is 6.14. The first-order valence-electron chi connectivity index (χ1n) is 14.3. The number of oxime groups is 1. The predicted molar refractivity (Wildman–Crippen MR) is 164 cm³/mol. The van der Waals surface area contributed by atoms with Crippen LogP contribution in [0.25, 0.3) is 11.3 Å². The number of aromatic nitrogens is 2. The van der Waals surface area contributed by atoms with Crippen LogP contribution in [0.5, 0.6) is 0 Å². The van der Waals surface area contributed by atoms with Crippen LogP contribution in [0.1, 0.15) is 44.4 Å². The highest BCUT2D eigenvalue weighted by atomic mass is 19.4. The van der Waals surface area contributed by atoms with Crippen molar-refractivity contribution >= 4 is 35.3 Å². The van der Waals surface area contributed by atoms with Crippen LogP contribution in [0.2, 0.25) is 0 Å². The number of amides is 2. The van der Waals surface area contributed by atoms with E-state index in [1.54, 1.807) is 39.8 Å². The maximum absolute atomic E-state index is 13.7. The van der Waals surface area contributed by atoms with Crippen LogP contribution in [-0.2, 0) is 38.4 Å². The van der Waals surface area contributed by atoms with Crippen molar-refractivity contribution in [3.05, 3.63) is 75.7 Å². The van der Waals surface area contributed by atoms with Crippen molar-refractivity contribution in [2.75, 3.05) is 10.6 Å². The molecule has 5 N–H and O–H groups in total. The minimum absolute atomic E-state index is 0.0865. The van der Waals surface area contributed by atoms with Crippen molar-refractivity contribution in [1.29, 1.82) is 0 Å². The standard InChI is InChI=1S/C30H31F6N7O6/c1-15(2)40-25-26(45)43(14-23(44)38-12-17-5-7-18(8-6-17)24(37)42-49-28(47)48-16(3)4)22(13-39-25)19-9-20(29(31,32)33)11-21(10-19)41-27(46)30(34,35)36/h5-11,13,15-16H,12,14H2,1-4H3,(H2,37,42)(H,38,44)(H,39,40)(H,41,46). The highest BCUT2D eigenvalue weighted by Gasteiger charge is 2.39. The number of rotatable bonds is 11. The molecule has 0 radical (unpaired) electrons. The molecule has 0 unspecified atom stereocenters. The summed E-state index contributed by atoms with van der Waals surface area (Å²) in [6, 6.07) is 7.42. The molecule has 0 bridgehead atoms. The van der Waals surface area contributed by atoms with Crippen molar-refractivity contribution in [3.63, 3.8) is 0 Å². The molecule has 0 atom stereocenters. The quantitative estimate of drug-likeness (QED) is 0.0549. The number of amidine groups is 1. The van der Waals surface area contributed by atoms with E-state index in [0.717, 1.165) is 16.8 Å². The van der Waals surface area contributed by atoms with E-state index >= 15 is 0 Å². The van der Waals surface area contributed by atoms with Crippen LogP contribution in [0.3, 0.4) is 0 Å². The molecule has 3 rings (SSSR count). The lowest BCUT2D eigenvalue weighted by Crippen LogP contribution is -2.35. The van der Waals surface area contributed by atoms with Gasteiger partial charge >= 0.3 is 24.4 Å². The molecule has 0 fully saturated rings. The number of nitrogens with one attached hydrogen (secondary N) is 3. The van der Waals surface area contributed by atoms with E-state index in [1.807, 2.05) is 0 Å². The molecule has 0 saturated carbocycles. The molecule has 2 aromatic carbocycles. The molecule has 0 saturated heterocycles. The normalized spacial score (nSPS) is 12.1. The fourth-order valence-corrected chi connectivity index (χ4v) is 4.01. The van der Waals surface area contributed by atoms with Crippen LogP contribution in [0, 0.1) is 0 Å². The fraction of sp³-hybridized carbons (Fsp3) is 0.333. The summed E-state index contributed by atoms with van der Waals surface area (Å²) in [5.74, 6) is -3.69. The molecule has 1 heterocycles. The molecular weight excluding hydrogens is 668 g/mol. The molecule has 1 aromatic heterocycles. The zero-order valence-corrected chi connectivity index (χ0v) is 26.3. The molecule has 264 valence electrons. The van der Waals surface area contributed by atoms with Crippen LogP contribution in [0.15, 0.2) is 58.6 Å². The zero-order valence-electron chi connectivity index (χ0n) is 26.3. The number of ether oxygens (including phenoxy) is 1. The van der Waals surface area contributed by atoms with Gasteiger partial charge in [0, 0.05) is 29.4 Å². The highest BCUT2D eigenvalue weighted by Crippen LogP contribution is 2.35. The minimum Gasteiger partial charge on any atom is -0.430 e. The van der Waals surface area contributed by atoms with Gasteiger partial charge in [0.15, 0.2) is 11.7 Å². The van der Waals surface area contributed by atoms with Gasteiger partial charge in [-0.25, -0.2) is 9.78 Å². The van der Waals surface area contributed by atoms with Gasteiger partial charge in [-0.1, -0.05) is 29.4 Å². The fourth-order valence-electron chi connectivity index (χ4n) is 4.01. The zero-order chi connectivity index (χ0) is 36.7. The van der Waals surface area contributed by atoms with Gasteiger partial charge in [0.25, 0.3) is 5.56 Å². The third-order valence-corrected chi connectivity index (χ3v) is 6.14. The molecule has 2 amide bonds. The van der Waals surface area contributed by atoms with E-state index in [4.69, 9.17) is 10.5 Å². The summed E-state index contributed by atoms with van der Waals surface area (Å²) in [4.78, 5) is 57.9. The van der Waals surface area contributed by atoms with Gasteiger partial charge in [0.1, 0.15) is 6.54 Å². The Morgan fingerprint density at radius 3 is 2.22 bits per heavy atom. The first-order chi connectivity index (χ1) is 22.7. The summed E-state index contributed by atoms with van der Waals surface area (Å²) in [7, 11) is 0. The van der Waals surface area contributed by atoms with Crippen molar-refractivity contribution in [3.8, 4) is 11.3 Å². The SMILES string of the molecule is CC(C)Nc1ncc(-c2cc(NC(=O)C(F)(F)F)cc(C(F)(F)F)c2)n(CC(=O)NCc2ccc(/C(N)=N/OC(=O)OC(C)C)cc2)c1=O. The van der Waals surface area contributed by atoms with E-state index in [2.05, 4.69) is 25.6 Å². The second-order valence-corrected chi connectivity index (χ2v) is 10.9. The molecule has 49 heavy (non-hydrogen) atoms. The van der Waals surface area contributed by atoms with E-state index in [-0.39, 0.29) is 29.9 Å². The van der Waals surface area contributed by atoms with Crippen molar-refractivity contribution in [2.45, 2.75) is 65.3 Å². The predicted octanol–water partition coefficient (Wildman–Crippen LogP) is 4.75. The number of halogens is 6. The van der Waals surface area contributed by atoms with Crippen LogP contribution >= 0.6 is 0 Å². The molecule has 0 aliphatic heterocycles. The van der Waals surface area contributed by atoms with Gasteiger partial charge in [-0.05, 0) is 51.5 Å². The summed E-state index contributed by atoms with van der Waals surface area (Å²) < 4.78 is 85.4. The third kappa shape index (κ3) is 11.0. The van der Waals surface area contributed by atoms with E-state index in [0.29, 0.717) is 23.3 Å². The molecular formula is C30H31F6N7O6. The van der Waals surface area contributed by atoms with Gasteiger partial charge in [-0.3, -0.25) is 23.8 Å². The van der Waals surface area contributed by atoms with Gasteiger partial charge in [-0.2, -0.15) is 26.3 Å². The molecule has 0 aliphatic carbocycles. The lowest BCUT2D eigenvalue weighted by atomic mass is 10.1. The second kappa shape index (κ2) is 15.5. The smallest absolute Gasteiger partial charge is 0.430 e. The summed E-state index contributed by atoms with van der Waals surface area (Å²) in [6.45, 7) is 5.74. The number of hydrogen-bond donors (Lipinski definition) is 4. The molecule has 0 spiro atoms. The first-order valence-corrected chi connectivity index (χ1v) is 14.3. The Kier molecular flexibility index (Phi) is 12.0. The second-order valence-electron chi connectivity index (χ2n) is 10.9. The first kappa shape index (κ1) is 37.8. The van der Waals surface area contributed by atoms with Crippen molar-refractivity contribution in [1.82, 2.24) is 14.9 Å². The Balaban J connectivity index is 1.90. The topological polar surface area (TPSA) is 179 Å². The van der Waals surface area contributed by atoms with Gasteiger partial charge < -0.3 is 26.4 Å². The summed E-state index contributed by atoms with van der Waals surface area (Å²) in [6.07, 6.45) is -11.0. The van der Waals surface area contributed by atoms with Gasteiger partial charge in [0.05, 0.1) is 23.6 Å². The van der Waals surface area contributed by atoms with Crippen molar-refractivity contribution < 1.29 is 50.3 Å². The largest absolute Gasteiger partial charge is 0.535 e. The molecule has 13 nitrogen and oxygen atoms in total. The Bertz CT molecular complexity index is 1770. The molecule has 3 aromatic rings. The number of nitrogens with two attached hydrogens (primary N) is 1. The summed E-state index contributed by atoms with van der Waals surface area (Å²) >= 11 is 0. The number of carbonyl (C=O) groups is 3. The Hall–Kier alpha value is -5.62. The average Bonchev–Trinajstić information content (AvgIpc) is 2.99. The summed E-state index contributed by atoms with van der Waals surface area (Å²) in [5, 5.41) is 10.2. The van der Waals surface area contributed by atoms with Crippen molar-refractivity contribution in [2.24, 2.45) is 10.9 Å². The van der Waals surface area contributed by atoms with Gasteiger partial charge in [-0.15, -0.1) is 0 Å². The highest BCUT2D eigenvalue weighted by molar-refractivity contribution is 5.97. The lowest BCUT2D eigenvalue weighted by molar-refractivity contribution is -0.167. The Labute approximate surface area is 274 Å². The van der Waals surface area contributed by atoms with E-state index in [1.165, 1.54) is 17.4 Å². The number of carbonyl (C=O) groups excluding carboxylic acids is 3. The number of nitrogens with zero attached hydrogens (tertiary/aromatic N) is 3. The average molecular weight is 700 g/mol. The number of benzene rings is 2. The van der Waals surface area contributed by atoms with Gasteiger partial charge in [0.2, 0.25) is 5.91 Å². The van der Waals surface area contributed by atoms with Crippen LogP contribution in [-0.4, -0.2) is 51.7 Å². The molecule has 19 heteroatoms. The van der Waals surface area contributed by atoms with E-state index < -0.39 is 65.3 Å². The Morgan fingerprint density at radius 2 is 1.65 bits per heavy atom. The molecule has 0 aliphatic rings. The maximum Gasteiger partial charge on any atom is 0.535 e. The van der Waals surface area contributed by atoms with Crippen LogP contribution < -0.4 is 27.2 Å². The van der Waals surface area contributed by atoms with Crippen LogP contribution in [0.4, 0.5) is 42.6 Å². The lowest BCUT2D eigenvalue weighted by Gasteiger charge is -2.18. The number of anilines is 2. The number of alkyl halides is 6.